The van der Waals surface area contributed by atoms with E-state index in [0.717, 1.165) is 64.2 Å². The van der Waals surface area contributed by atoms with E-state index < -0.39 is 17.5 Å². The van der Waals surface area contributed by atoms with Crippen molar-refractivity contribution in [2.24, 2.45) is 11.8 Å². The molecule has 0 heterocycles. The Labute approximate surface area is 219 Å². The summed E-state index contributed by atoms with van der Waals surface area (Å²) in [6, 6.07) is 8.23. The van der Waals surface area contributed by atoms with E-state index in [1.165, 1.54) is 6.07 Å². The topological polar surface area (TPSA) is 38.7 Å². The standard InChI is InChI=1S/C31H41F3O3/c1-3-5-28(35)23-12-10-22(11-13-23)26-16-15-25(30(33)31(26)34)21-8-6-20(7-9-21)19-37-24-14-17-29(36-4-2)27(32)18-24/h14-18,20-23,28,35H,3-13,19H2,1-2H3. The minimum Gasteiger partial charge on any atom is -0.493 e. The second-order valence-electron chi connectivity index (χ2n) is 10.9. The third-order valence-electron chi connectivity index (χ3n) is 8.46. The molecule has 4 rings (SSSR count). The van der Waals surface area contributed by atoms with Gasteiger partial charge in [0, 0.05) is 6.07 Å². The van der Waals surface area contributed by atoms with Crippen molar-refractivity contribution in [3.63, 3.8) is 0 Å². The largest absolute Gasteiger partial charge is 0.493 e. The Morgan fingerprint density at radius 3 is 1.95 bits per heavy atom. The van der Waals surface area contributed by atoms with Gasteiger partial charge in [0.05, 0.1) is 19.3 Å². The molecule has 204 valence electrons. The normalized spacial score (nSPS) is 25.0. The lowest BCUT2D eigenvalue weighted by atomic mass is 9.75. The molecule has 0 spiro atoms. The number of hydrogen-bond donors (Lipinski definition) is 1. The van der Waals surface area contributed by atoms with Gasteiger partial charge >= 0.3 is 0 Å². The van der Waals surface area contributed by atoms with Crippen LogP contribution in [0.5, 0.6) is 11.5 Å². The van der Waals surface area contributed by atoms with Gasteiger partial charge in [-0.05, 0) is 112 Å². The van der Waals surface area contributed by atoms with E-state index in [1.54, 1.807) is 24.3 Å². The maximum atomic E-state index is 15.2. The van der Waals surface area contributed by atoms with Gasteiger partial charge in [-0.25, -0.2) is 13.2 Å². The summed E-state index contributed by atoms with van der Waals surface area (Å²) in [5.41, 5.74) is 0.982. The molecule has 2 saturated carbocycles. The van der Waals surface area contributed by atoms with Crippen molar-refractivity contribution in [1.29, 1.82) is 0 Å². The molecule has 2 aliphatic rings. The van der Waals surface area contributed by atoms with E-state index in [2.05, 4.69) is 6.92 Å². The first kappa shape index (κ1) is 27.8. The highest BCUT2D eigenvalue weighted by atomic mass is 19.2. The van der Waals surface area contributed by atoms with Crippen LogP contribution in [-0.2, 0) is 0 Å². The Hall–Kier alpha value is -2.21. The number of ether oxygens (including phenoxy) is 2. The predicted octanol–water partition coefficient (Wildman–Crippen LogP) is 8.29. The number of aliphatic hydroxyl groups excluding tert-OH is 1. The molecule has 2 fully saturated rings. The second-order valence-corrected chi connectivity index (χ2v) is 10.9. The van der Waals surface area contributed by atoms with Crippen LogP contribution >= 0.6 is 0 Å². The summed E-state index contributed by atoms with van der Waals surface area (Å²) in [5, 5.41) is 10.3. The van der Waals surface area contributed by atoms with Gasteiger partial charge in [-0.1, -0.05) is 25.5 Å². The number of rotatable bonds is 10. The molecule has 2 aromatic rings. The smallest absolute Gasteiger partial charge is 0.168 e. The van der Waals surface area contributed by atoms with Gasteiger partial charge in [0.2, 0.25) is 0 Å². The van der Waals surface area contributed by atoms with Gasteiger partial charge in [-0.3, -0.25) is 0 Å². The highest BCUT2D eigenvalue weighted by Crippen LogP contribution is 2.42. The molecule has 0 saturated heterocycles. The molecule has 0 aromatic heterocycles. The predicted molar refractivity (Wildman–Crippen MR) is 140 cm³/mol. The van der Waals surface area contributed by atoms with E-state index in [-0.39, 0.29) is 29.6 Å². The van der Waals surface area contributed by atoms with Crippen molar-refractivity contribution in [1.82, 2.24) is 0 Å². The molecular weight excluding hydrogens is 477 g/mol. The third-order valence-corrected chi connectivity index (χ3v) is 8.46. The van der Waals surface area contributed by atoms with Crippen LogP contribution in [0, 0.1) is 29.3 Å². The van der Waals surface area contributed by atoms with Crippen LogP contribution in [0.15, 0.2) is 30.3 Å². The molecule has 2 aromatic carbocycles. The second kappa shape index (κ2) is 13.0. The average molecular weight is 519 g/mol. The van der Waals surface area contributed by atoms with Crippen LogP contribution < -0.4 is 9.47 Å². The molecule has 0 aliphatic heterocycles. The maximum Gasteiger partial charge on any atom is 0.168 e. The van der Waals surface area contributed by atoms with Crippen molar-refractivity contribution in [2.45, 2.75) is 96.0 Å². The summed E-state index contributed by atoms with van der Waals surface area (Å²) in [5.74, 6) is -0.516. The molecular formula is C31H41F3O3. The van der Waals surface area contributed by atoms with Gasteiger partial charge < -0.3 is 14.6 Å². The first-order valence-electron chi connectivity index (χ1n) is 14.1. The highest BCUT2D eigenvalue weighted by Gasteiger charge is 2.31. The van der Waals surface area contributed by atoms with Crippen LogP contribution in [-0.4, -0.2) is 24.4 Å². The highest BCUT2D eigenvalue weighted by molar-refractivity contribution is 5.33. The third kappa shape index (κ3) is 6.81. The van der Waals surface area contributed by atoms with Crippen molar-refractivity contribution in [3.05, 3.63) is 58.9 Å². The molecule has 1 N–H and O–H groups in total. The van der Waals surface area contributed by atoms with E-state index >= 15 is 8.78 Å². The van der Waals surface area contributed by atoms with Crippen molar-refractivity contribution < 1.29 is 27.8 Å². The average Bonchev–Trinajstić information content (AvgIpc) is 2.91. The van der Waals surface area contributed by atoms with E-state index in [0.29, 0.717) is 36.0 Å². The van der Waals surface area contributed by atoms with Crippen LogP contribution in [0.25, 0.3) is 0 Å². The van der Waals surface area contributed by atoms with Gasteiger partial charge in [-0.15, -0.1) is 0 Å². The molecule has 6 heteroatoms. The van der Waals surface area contributed by atoms with Crippen LogP contribution in [0.4, 0.5) is 13.2 Å². The van der Waals surface area contributed by atoms with E-state index in [4.69, 9.17) is 9.47 Å². The Morgan fingerprint density at radius 1 is 0.811 bits per heavy atom. The summed E-state index contributed by atoms with van der Waals surface area (Å²) in [6.45, 7) is 4.76. The summed E-state index contributed by atoms with van der Waals surface area (Å²) < 4.78 is 55.5. The van der Waals surface area contributed by atoms with Crippen LogP contribution in [0.2, 0.25) is 0 Å². The quantitative estimate of drug-likeness (QED) is 0.344. The maximum absolute atomic E-state index is 15.2. The molecule has 1 atom stereocenters. The van der Waals surface area contributed by atoms with E-state index in [9.17, 15) is 9.50 Å². The number of aliphatic hydroxyl groups is 1. The van der Waals surface area contributed by atoms with Crippen LogP contribution in [0.1, 0.15) is 101 Å². The zero-order chi connectivity index (χ0) is 26.4. The Balaban J connectivity index is 1.29. The summed E-state index contributed by atoms with van der Waals surface area (Å²) in [7, 11) is 0. The molecule has 2 aliphatic carbocycles. The number of hydrogen-bond acceptors (Lipinski definition) is 3. The summed E-state index contributed by atoms with van der Waals surface area (Å²) >= 11 is 0. The SMILES string of the molecule is CCCC(O)C1CCC(c2ccc(C3CCC(COc4ccc(OCC)c(F)c4)CC3)c(F)c2F)CC1. The minimum atomic E-state index is -0.685. The lowest BCUT2D eigenvalue weighted by molar-refractivity contribution is 0.0727. The lowest BCUT2D eigenvalue weighted by Crippen LogP contribution is -2.25. The summed E-state index contributed by atoms with van der Waals surface area (Å²) in [4.78, 5) is 0. The molecule has 0 amide bonds. The van der Waals surface area contributed by atoms with Crippen molar-refractivity contribution in [2.75, 3.05) is 13.2 Å². The zero-order valence-electron chi connectivity index (χ0n) is 22.2. The molecule has 3 nitrogen and oxygen atoms in total. The first-order chi connectivity index (χ1) is 17.9. The first-order valence-corrected chi connectivity index (χ1v) is 14.1. The Morgan fingerprint density at radius 2 is 1.41 bits per heavy atom. The van der Waals surface area contributed by atoms with Gasteiger partial charge in [-0.2, -0.15) is 0 Å². The molecule has 37 heavy (non-hydrogen) atoms. The Kier molecular flexibility index (Phi) is 9.80. The van der Waals surface area contributed by atoms with Crippen molar-refractivity contribution >= 4 is 0 Å². The number of benzene rings is 2. The van der Waals surface area contributed by atoms with Gasteiger partial charge in [0.1, 0.15) is 5.75 Å². The monoisotopic (exact) mass is 518 g/mol. The summed E-state index contributed by atoms with van der Waals surface area (Å²) in [6.07, 6.45) is 8.08. The zero-order valence-corrected chi connectivity index (χ0v) is 22.2. The fraction of sp³-hybridized carbons (Fsp3) is 0.613. The van der Waals surface area contributed by atoms with Gasteiger partial charge in [0.15, 0.2) is 23.2 Å². The molecule has 0 bridgehead atoms. The van der Waals surface area contributed by atoms with Gasteiger partial charge in [0.25, 0.3) is 0 Å². The Bertz CT molecular complexity index is 1010. The van der Waals surface area contributed by atoms with E-state index in [1.807, 2.05) is 6.92 Å². The van der Waals surface area contributed by atoms with Crippen LogP contribution in [0.3, 0.4) is 0 Å². The van der Waals surface area contributed by atoms with Crippen molar-refractivity contribution in [3.8, 4) is 11.5 Å². The fourth-order valence-electron chi connectivity index (χ4n) is 6.25. The lowest BCUT2D eigenvalue weighted by Gasteiger charge is -2.32. The molecule has 0 radical (unpaired) electrons. The molecule has 1 unspecified atom stereocenters. The fourth-order valence-corrected chi connectivity index (χ4v) is 6.25. The minimum absolute atomic E-state index is 0.00245. The number of halogens is 3.